The summed E-state index contributed by atoms with van der Waals surface area (Å²) in [6.45, 7) is 3.53. The molecule has 5 N–H and O–H groups in total. The van der Waals surface area contributed by atoms with Crippen molar-refractivity contribution in [3.8, 4) is 0 Å². The molecule has 0 fully saturated rings. The van der Waals surface area contributed by atoms with Crippen molar-refractivity contribution in [1.29, 1.82) is 0 Å². The van der Waals surface area contributed by atoms with E-state index in [0.29, 0.717) is 23.4 Å². The highest BCUT2D eigenvalue weighted by molar-refractivity contribution is 5.99. The van der Waals surface area contributed by atoms with E-state index in [9.17, 15) is 4.79 Å². The van der Waals surface area contributed by atoms with Gasteiger partial charge in [0.05, 0.1) is 5.52 Å². The predicted octanol–water partition coefficient (Wildman–Crippen LogP) is 3.58. The van der Waals surface area contributed by atoms with Gasteiger partial charge < -0.3 is 21.4 Å². The molecule has 0 saturated carbocycles. The van der Waals surface area contributed by atoms with Gasteiger partial charge in [-0.15, -0.1) is 0 Å². The van der Waals surface area contributed by atoms with E-state index < -0.39 is 0 Å². The molecule has 0 radical (unpaired) electrons. The van der Waals surface area contributed by atoms with E-state index in [1.54, 1.807) is 0 Å². The van der Waals surface area contributed by atoms with Gasteiger partial charge >= 0.3 is 0 Å². The molecule has 4 aromatic rings. The van der Waals surface area contributed by atoms with Gasteiger partial charge in [0.25, 0.3) is 5.91 Å². The zero-order chi connectivity index (χ0) is 21.5. The molecule has 2 heterocycles. The van der Waals surface area contributed by atoms with Gasteiger partial charge in [0.1, 0.15) is 5.82 Å². The second kappa shape index (κ2) is 7.58. The summed E-state index contributed by atoms with van der Waals surface area (Å²) in [5, 5.41) is 4.98. The van der Waals surface area contributed by atoms with Crippen molar-refractivity contribution < 1.29 is 4.79 Å². The number of fused-ring (bicyclic) bond motifs is 4. The first-order valence-electron chi connectivity index (χ1n) is 10.8. The summed E-state index contributed by atoms with van der Waals surface area (Å²) in [6.07, 6.45) is 4.67. The third-order valence-corrected chi connectivity index (χ3v) is 6.22. The smallest absolute Gasteiger partial charge is 0.251 e. The van der Waals surface area contributed by atoms with Crippen LogP contribution in [-0.4, -0.2) is 20.4 Å². The lowest BCUT2D eigenvalue weighted by molar-refractivity contribution is 0.0951. The average molecular weight is 415 g/mol. The number of hydrogen-bond acceptors (Lipinski definition) is 5. The summed E-state index contributed by atoms with van der Waals surface area (Å²) >= 11 is 0. The molecule has 1 aliphatic rings. The maximum absolute atomic E-state index is 12.9. The summed E-state index contributed by atoms with van der Waals surface area (Å²) in [7, 11) is 0. The van der Waals surface area contributed by atoms with Gasteiger partial charge in [0.15, 0.2) is 0 Å². The maximum atomic E-state index is 12.9. The van der Waals surface area contributed by atoms with E-state index in [1.165, 1.54) is 35.0 Å². The number of aromatic nitrogens is 3. The van der Waals surface area contributed by atoms with E-state index >= 15 is 0 Å². The predicted molar refractivity (Wildman–Crippen MR) is 124 cm³/mol. The summed E-state index contributed by atoms with van der Waals surface area (Å²) in [5.41, 5.74) is 18.0. The molecular weight excluding hydrogens is 388 g/mol. The van der Waals surface area contributed by atoms with E-state index in [4.69, 9.17) is 11.5 Å². The van der Waals surface area contributed by atoms with Gasteiger partial charge in [-0.2, -0.15) is 4.98 Å². The van der Waals surface area contributed by atoms with Gasteiger partial charge in [0.2, 0.25) is 5.95 Å². The Hall–Kier alpha value is -3.61. The van der Waals surface area contributed by atoms with E-state index in [-0.39, 0.29) is 11.9 Å². The SMILES string of the molecule is CCn1c2c(c3cc(C(=O)NCc4ccc5nc(N)nc(N)c5c4)ccc31)CCCC2. The Morgan fingerprint density at radius 2 is 1.90 bits per heavy atom. The normalized spacial score (nSPS) is 13.5. The summed E-state index contributed by atoms with van der Waals surface area (Å²) in [5.74, 6) is 0.407. The molecule has 31 heavy (non-hydrogen) atoms. The van der Waals surface area contributed by atoms with Crippen molar-refractivity contribution in [2.45, 2.75) is 45.7 Å². The Balaban J connectivity index is 1.40. The highest BCUT2D eigenvalue weighted by Gasteiger charge is 2.20. The quantitative estimate of drug-likeness (QED) is 0.473. The number of aryl methyl sites for hydroxylation is 2. The summed E-state index contributed by atoms with van der Waals surface area (Å²) in [4.78, 5) is 21.1. The fourth-order valence-electron chi connectivity index (χ4n) is 4.75. The van der Waals surface area contributed by atoms with Crippen molar-refractivity contribution >= 4 is 39.5 Å². The number of anilines is 2. The van der Waals surface area contributed by atoms with Crippen molar-refractivity contribution in [2.24, 2.45) is 0 Å². The fourth-order valence-corrected chi connectivity index (χ4v) is 4.75. The molecule has 0 atom stereocenters. The van der Waals surface area contributed by atoms with Crippen LogP contribution < -0.4 is 16.8 Å². The Morgan fingerprint density at radius 1 is 1.06 bits per heavy atom. The minimum Gasteiger partial charge on any atom is -0.383 e. The standard InChI is InChI=1S/C24H26N6O/c1-2-30-20-6-4-3-5-16(20)17-12-15(8-10-21(17)30)23(31)27-13-14-7-9-19-18(11-14)22(25)29-24(26)28-19/h7-12H,2-6,13H2,1H3,(H,27,31)(H4,25,26,28,29). The summed E-state index contributed by atoms with van der Waals surface area (Å²) < 4.78 is 2.40. The molecule has 0 unspecified atom stereocenters. The minimum atomic E-state index is -0.0858. The molecular formula is C24H26N6O. The molecule has 7 nitrogen and oxygen atoms in total. The molecule has 2 aromatic heterocycles. The highest BCUT2D eigenvalue weighted by Crippen LogP contribution is 2.33. The number of benzene rings is 2. The van der Waals surface area contributed by atoms with Crippen LogP contribution in [0.1, 0.15) is 46.9 Å². The number of nitrogens with two attached hydrogens (primary N) is 2. The maximum Gasteiger partial charge on any atom is 0.251 e. The van der Waals surface area contributed by atoms with Gasteiger partial charge in [-0.05, 0) is 74.1 Å². The van der Waals surface area contributed by atoms with Gasteiger partial charge in [0, 0.05) is 40.6 Å². The largest absolute Gasteiger partial charge is 0.383 e. The van der Waals surface area contributed by atoms with Crippen LogP contribution in [0, 0.1) is 0 Å². The van der Waals surface area contributed by atoms with Crippen LogP contribution in [0.5, 0.6) is 0 Å². The van der Waals surface area contributed by atoms with Crippen LogP contribution in [0.2, 0.25) is 0 Å². The van der Waals surface area contributed by atoms with E-state index in [0.717, 1.165) is 30.3 Å². The molecule has 0 bridgehead atoms. The minimum absolute atomic E-state index is 0.0858. The van der Waals surface area contributed by atoms with Crippen molar-refractivity contribution in [3.05, 3.63) is 58.8 Å². The van der Waals surface area contributed by atoms with Crippen LogP contribution in [0.3, 0.4) is 0 Å². The number of nitrogen functional groups attached to an aromatic ring is 2. The van der Waals surface area contributed by atoms with Crippen LogP contribution in [0.4, 0.5) is 11.8 Å². The number of hydrogen-bond donors (Lipinski definition) is 3. The second-order valence-corrected chi connectivity index (χ2v) is 8.11. The third-order valence-electron chi connectivity index (χ3n) is 6.22. The second-order valence-electron chi connectivity index (χ2n) is 8.11. The Bertz CT molecular complexity index is 1320. The average Bonchev–Trinajstić information content (AvgIpc) is 3.10. The van der Waals surface area contributed by atoms with Crippen molar-refractivity contribution in [2.75, 3.05) is 11.5 Å². The van der Waals surface area contributed by atoms with Gasteiger partial charge in [-0.3, -0.25) is 4.79 Å². The molecule has 5 rings (SSSR count). The number of rotatable bonds is 4. The lowest BCUT2D eigenvalue weighted by Gasteiger charge is -2.14. The van der Waals surface area contributed by atoms with Gasteiger partial charge in [-0.25, -0.2) is 4.98 Å². The lowest BCUT2D eigenvalue weighted by atomic mass is 9.95. The summed E-state index contributed by atoms with van der Waals surface area (Å²) in [6, 6.07) is 11.7. The molecule has 158 valence electrons. The first-order chi connectivity index (χ1) is 15.0. The van der Waals surface area contributed by atoms with Crippen LogP contribution in [-0.2, 0) is 25.9 Å². The van der Waals surface area contributed by atoms with E-state index in [1.807, 2.05) is 24.3 Å². The first kappa shape index (κ1) is 19.4. The van der Waals surface area contributed by atoms with Gasteiger partial charge in [-0.1, -0.05) is 6.07 Å². The first-order valence-corrected chi connectivity index (χ1v) is 10.8. The monoisotopic (exact) mass is 414 g/mol. The van der Waals surface area contributed by atoms with Crippen LogP contribution in [0.15, 0.2) is 36.4 Å². The molecule has 0 saturated heterocycles. The van der Waals surface area contributed by atoms with Crippen molar-refractivity contribution in [3.63, 3.8) is 0 Å². The molecule has 0 spiro atoms. The number of nitrogens with one attached hydrogen (secondary N) is 1. The zero-order valence-electron chi connectivity index (χ0n) is 17.6. The number of carbonyl (C=O) groups is 1. The fraction of sp³-hybridized carbons (Fsp3) is 0.292. The number of carbonyl (C=O) groups excluding carboxylic acids is 1. The number of amides is 1. The molecule has 2 aromatic carbocycles. The van der Waals surface area contributed by atoms with Crippen LogP contribution in [0.25, 0.3) is 21.8 Å². The molecule has 7 heteroatoms. The van der Waals surface area contributed by atoms with Crippen molar-refractivity contribution in [1.82, 2.24) is 19.9 Å². The topological polar surface area (TPSA) is 112 Å². The van der Waals surface area contributed by atoms with Crippen LogP contribution >= 0.6 is 0 Å². The molecule has 0 aliphatic heterocycles. The Morgan fingerprint density at radius 3 is 2.74 bits per heavy atom. The Kier molecular flexibility index (Phi) is 4.73. The Labute approximate surface area is 180 Å². The lowest BCUT2D eigenvalue weighted by Crippen LogP contribution is -2.22. The molecule has 1 aliphatic carbocycles. The number of nitrogens with zero attached hydrogens (tertiary/aromatic N) is 3. The highest BCUT2D eigenvalue weighted by atomic mass is 16.1. The molecule has 1 amide bonds. The van der Waals surface area contributed by atoms with E-state index in [2.05, 4.69) is 38.9 Å². The third kappa shape index (κ3) is 3.36. The zero-order valence-corrected chi connectivity index (χ0v) is 17.6.